The lowest BCUT2D eigenvalue weighted by molar-refractivity contribution is -0.00242. The number of hydrogen-bond donors (Lipinski definition) is 1. The smallest absolute Gasteiger partial charge is 0.0974 e. The Hall–Kier alpha value is -0.420. The van der Waals surface area contributed by atoms with Gasteiger partial charge in [0.25, 0.3) is 0 Å². The lowest BCUT2D eigenvalue weighted by atomic mass is 10.0. The van der Waals surface area contributed by atoms with Crippen LogP contribution in [0, 0.1) is 0 Å². The minimum absolute atomic E-state index is 0.0437. The third-order valence-electron chi connectivity index (χ3n) is 2.41. The molecule has 2 unspecified atom stereocenters. The third-order valence-corrected chi connectivity index (χ3v) is 2.93. The summed E-state index contributed by atoms with van der Waals surface area (Å²) in [6, 6.07) is 8.00. The van der Waals surface area contributed by atoms with Crippen LogP contribution in [0.3, 0.4) is 0 Å². The molecule has 1 aromatic carbocycles. The van der Waals surface area contributed by atoms with Crippen LogP contribution in [0.15, 0.2) is 28.7 Å². The highest BCUT2D eigenvalue weighted by atomic mass is 79.9. The molecule has 0 saturated heterocycles. The van der Waals surface area contributed by atoms with Gasteiger partial charge in [0.15, 0.2) is 0 Å². The van der Waals surface area contributed by atoms with Gasteiger partial charge in [-0.2, -0.15) is 0 Å². The van der Waals surface area contributed by atoms with E-state index in [1.54, 1.807) is 0 Å². The fourth-order valence-electron chi connectivity index (χ4n) is 1.58. The average Bonchev–Trinajstić information content (AvgIpc) is 2.30. The van der Waals surface area contributed by atoms with Gasteiger partial charge in [-0.3, -0.25) is 0 Å². The SMILES string of the molecule is CCOCCOC(c1ccc(Br)cc1)C(C)N. The summed E-state index contributed by atoms with van der Waals surface area (Å²) in [5, 5.41) is 0. The topological polar surface area (TPSA) is 44.5 Å². The summed E-state index contributed by atoms with van der Waals surface area (Å²) < 4.78 is 12.1. The maximum atomic E-state index is 5.94. The Bertz CT molecular complexity index is 314. The molecular formula is C13H20BrNO2. The summed E-state index contributed by atoms with van der Waals surface area (Å²) in [6.07, 6.45) is -0.0800. The quantitative estimate of drug-likeness (QED) is 0.788. The fraction of sp³-hybridized carbons (Fsp3) is 0.538. The highest BCUT2D eigenvalue weighted by Gasteiger charge is 2.16. The maximum Gasteiger partial charge on any atom is 0.0974 e. The van der Waals surface area contributed by atoms with Crippen molar-refractivity contribution in [3.8, 4) is 0 Å². The Morgan fingerprint density at radius 1 is 1.24 bits per heavy atom. The molecule has 96 valence electrons. The molecule has 0 aliphatic heterocycles. The van der Waals surface area contributed by atoms with Crippen LogP contribution in [0.25, 0.3) is 0 Å². The molecular weight excluding hydrogens is 282 g/mol. The molecule has 0 saturated carbocycles. The summed E-state index contributed by atoms with van der Waals surface area (Å²) in [7, 11) is 0. The van der Waals surface area contributed by atoms with Crippen LogP contribution < -0.4 is 5.73 Å². The summed E-state index contributed by atoms with van der Waals surface area (Å²) >= 11 is 3.41. The molecule has 3 nitrogen and oxygen atoms in total. The van der Waals surface area contributed by atoms with Gasteiger partial charge in [-0.1, -0.05) is 28.1 Å². The Morgan fingerprint density at radius 3 is 2.41 bits per heavy atom. The van der Waals surface area contributed by atoms with E-state index in [0.717, 1.165) is 10.0 Å². The average molecular weight is 302 g/mol. The molecule has 0 radical (unpaired) electrons. The Morgan fingerprint density at radius 2 is 1.88 bits per heavy atom. The van der Waals surface area contributed by atoms with Crippen molar-refractivity contribution < 1.29 is 9.47 Å². The number of nitrogens with two attached hydrogens (primary N) is 1. The molecule has 1 aromatic rings. The van der Waals surface area contributed by atoms with Crippen molar-refractivity contribution in [2.75, 3.05) is 19.8 Å². The predicted molar refractivity (Wildman–Crippen MR) is 73.0 cm³/mol. The van der Waals surface area contributed by atoms with E-state index < -0.39 is 0 Å². The number of halogens is 1. The van der Waals surface area contributed by atoms with Crippen LogP contribution in [-0.2, 0) is 9.47 Å². The molecule has 0 aliphatic rings. The molecule has 0 spiro atoms. The van der Waals surface area contributed by atoms with Gasteiger partial charge >= 0.3 is 0 Å². The van der Waals surface area contributed by atoms with Crippen molar-refractivity contribution in [2.24, 2.45) is 5.73 Å². The predicted octanol–water partition coefficient (Wildman–Crippen LogP) is 2.89. The second-order valence-electron chi connectivity index (χ2n) is 3.90. The first-order valence-electron chi connectivity index (χ1n) is 5.85. The van der Waals surface area contributed by atoms with Crippen molar-refractivity contribution in [1.29, 1.82) is 0 Å². The monoisotopic (exact) mass is 301 g/mol. The Balaban J connectivity index is 2.56. The van der Waals surface area contributed by atoms with Crippen molar-refractivity contribution >= 4 is 15.9 Å². The minimum Gasteiger partial charge on any atom is -0.379 e. The Labute approximate surface area is 111 Å². The van der Waals surface area contributed by atoms with E-state index >= 15 is 0 Å². The summed E-state index contributed by atoms with van der Waals surface area (Å²) in [6.45, 7) is 5.81. The molecule has 0 fully saturated rings. The fourth-order valence-corrected chi connectivity index (χ4v) is 1.85. The first kappa shape index (κ1) is 14.6. The van der Waals surface area contributed by atoms with Crippen LogP contribution in [0.5, 0.6) is 0 Å². The maximum absolute atomic E-state index is 5.94. The van der Waals surface area contributed by atoms with E-state index in [1.165, 1.54) is 0 Å². The van der Waals surface area contributed by atoms with Crippen LogP contribution in [-0.4, -0.2) is 25.9 Å². The second kappa shape index (κ2) is 7.82. The zero-order chi connectivity index (χ0) is 12.7. The minimum atomic E-state index is -0.0800. The number of rotatable bonds is 7. The zero-order valence-electron chi connectivity index (χ0n) is 10.4. The first-order valence-corrected chi connectivity index (χ1v) is 6.64. The molecule has 0 bridgehead atoms. The number of ether oxygens (including phenoxy) is 2. The lowest BCUT2D eigenvalue weighted by Gasteiger charge is -2.22. The van der Waals surface area contributed by atoms with Gasteiger partial charge in [0, 0.05) is 17.1 Å². The molecule has 0 aromatic heterocycles. The second-order valence-corrected chi connectivity index (χ2v) is 4.81. The molecule has 4 heteroatoms. The highest BCUT2D eigenvalue weighted by molar-refractivity contribution is 9.10. The van der Waals surface area contributed by atoms with Gasteiger partial charge in [-0.25, -0.2) is 0 Å². The Kier molecular flexibility index (Phi) is 6.73. The van der Waals surface area contributed by atoms with E-state index in [2.05, 4.69) is 15.9 Å². The van der Waals surface area contributed by atoms with Crippen LogP contribution >= 0.6 is 15.9 Å². The first-order chi connectivity index (χ1) is 8.15. The van der Waals surface area contributed by atoms with Gasteiger partial charge in [0.1, 0.15) is 0 Å². The lowest BCUT2D eigenvalue weighted by Crippen LogP contribution is -2.28. The number of benzene rings is 1. The van der Waals surface area contributed by atoms with E-state index in [1.807, 2.05) is 38.1 Å². The van der Waals surface area contributed by atoms with Crippen LogP contribution in [0.2, 0.25) is 0 Å². The summed E-state index contributed by atoms with van der Waals surface area (Å²) in [5.41, 5.74) is 7.04. The van der Waals surface area contributed by atoms with Gasteiger partial charge in [-0.15, -0.1) is 0 Å². The standard InChI is InChI=1S/C13H20BrNO2/c1-3-16-8-9-17-13(10(2)15)11-4-6-12(14)7-5-11/h4-7,10,13H,3,8-9,15H2,1-2H3. The molecule has 0 amide bonds. The van der Waals surface area contributed by atoms with Gasteiger partial charge in [-0.05, 0) is 31.5 Å². The van der Waals surface area contributed by atoms with Crippen molar-refractivity contribution in [1.82, 2.24) is 0 Å². The molecule has 2 atom stereocenters. The third kappa shape index (κ3) is 5.17. The summed E-state index contributed by atoms with van der Waals surface area (Å²) in [5.74, 6) is 0. The van der Waals surface area contributed by atoms with Gasteiger partial charge < -0.3 is 15.2 Å². The van der Waals surface area contributed by atoms with E-state index in [-0.39, 0.29) is 12.1 Å². The molecule has 2 N–H and O–H groups in total. The molecule has 0 heterocycles. The highest BCUT2D eigenvalue weighted by Crippen LogP contribution is 2.22. The normalized spacial score (nSPS) is 14.6. The molecule has 17 heavy (non-hydrogen) atoms. The number of hydrogen-bond acceptors (Lipinski definition) is 3. The van der Waals surface area contributed by atoms with E-state index in [0.29, 0.717) is 19.8 Å². The van der Waals surface area contributed by atoms with Crippen LogP contribution in [0.4, 0.5) is 0 Å². The van der Waals surface area contributed by atoms with Crippen molar-refractivity contribution in [3.05, 3.63) is 34.3 Å². The van der Waals surface area contributed by atoms with Crippen molar-refractivity contribution in [3.63, 3.8) is 0 Å². The molecule has 0 aliphatic carbocycles. The van der Waals surface area contributed by atoms with Crippen molar-refractivity contribution in [2.45, 2.75) is 26.0 Å². The molecule has 1 rings (SSSR count). The van der Waals surface area contributed by atoms with Gasteiger partial charge in [0.2, 0.25) is 0 Å². The van der Waals surface area contributed by atoms with Gasteiger partial charge in [0.05, 0.1) is 19.3 Å². The zero-order valence-corrected chi connectivity index (χ0v) is 11.9. The van der Waals surface area contributed by atoms with Crippen LogP contribution in [0.1, 0.15) is 25.5 Å². The largest absolute Gasteiger partial charge is 0.379 e. The van der Waals surface area contributed by atoms with E-state index in [9.17, 15) is 0 Å². The summed E-state index contributed by atoms with van der Waals surface area (Å²) in [4.78, 5) is 0. The van der Waals surface area contributed by atoms with E-state index in [4.69, 9.17) is 15.2 Å².